The zero-order valence-electron chi connectivity index (χ0n) is 18.1. The van der Waals surface area contributed by atoms with Crippen molar-refractivity contribution < 1.29 is 4.74 Å². The summed E-state index contributed by atoms with van der Waals surface area (Å²) in [6.07, 6.45) is 8.50. The third kappa shape index (κ3) is 4.04. The van der Waals surface area contributed by atoms with Gasteiger partial charge in [-0.1, -0.05) is 11.6 Å². The normalized spacial score (nSPS) is 19.3. The number of halogens is 1. The van der Waals surface area contributed by atoms with Crippen LogP contribution in [0.1, 0.15) is 37.8 Å². The molecule has 1 aromatic heterocycles. The summed E-state index contributed by atoms with van der Waals surface area (Å²) in [6.45, 7) is 4.38. The highest BCUT2D eigenvalue weighted by molar-refractivity contribution is 6.30. The highest BCUT2D eigenvalue weighted by Crippen LogP contribution is 2.44. The molecule has 2 aliphatic heterocycles. The quantitative estimate of drug-likeness (QED) is 0.570. The van der Waals surface area contributed by atoms with Gasteiger partial charge in [-0.15, -0.1) is 0 Å². The van der Waals surface area contributed by atoms with Gasteiger partial charge in [0.1, 0.15) is 11.5 Å². The van der Waals surface area contributed by atoms with Gasteiger partial charge in [-0.25, -0.2) is 0 Å². The predicted octanol–water partition coefficient (Wildman–Crippen LogP) is 5.69. The molecule has 6 heteroatoms. The SMILES string of the molecule is CC1CCc2c(ccc(-c3cnn(C4CCNCC4)c3)c2Oc2ccc(Cl)cc2)N1C. The minimum absolute atomic E-state index is 0.459. The molecule has 0 radical (unpaired) electrons. The molecule has 31 heavy (non-hydrogen) atoms. The Labute approximate surface area is 189 Å². The molecule has 162 valence electrons. The number of hydrogen-bond acceptors (Lipinski definition) is 4. The van der Waals surface area contributed by atoms with E-state index < -0.39 is 0 Å². The summed E-state index contributed by atoms with van der Waals surface area (Å²) in [5.74, 6) is 1.73. The van der Waals surface area contributed by atoms with Crippen molar-refractivity contribution in [2.24, 2.45) is 0 Å². The molecule has 2 aromatic carbocycles. The van der Waals surface area contributed by atoms with Crippen molar-refractivity contribution in [3.63, 3.8) is 0 Å². The van der Waals surface area contributed by atoms with Crippen molar-refractivity contribution in [1.82, 2.24) is 15.1 Å². The van der Waals surface area contributed by atoms with E-state index in [4.69, 9.17) is 21.4 Å². The maximum Gasteiger partial charge on any atom is 0.140 e. The largest absolute Gasteiger partial charge is 0.456 e. The number of nitrogens with one attached hydrogen (secondary N) is 1. The Morgan fingerprint density at radius 3 is 2.61 bits per heavy atom. The first-order valence-electron chi connectivity index (χ1n) is 11.2. The Hall–Kier alpha value is -2.50. The average Bonchev–Trinajstić information content (AvgIpc) is 3.29. The topological polar surface area (TPSA) is 42.3 Å². The van der Waals surface area contributed by atoms with Crippen molar-refractivity contribution in [3.05, 3.63) is 59.4 Å². The standard InChI is InChI=1S/C25H29ClN4O/c1-17-3-8-23-24(29(17)2)10-9-22(25(23)31-21-6-4-19(26)5-7-21)18-15-28-30(16-18)20-11-13-27-14-12-20/h4-7,9-10,15-17,20,27H,3,8,11-14H2,1-2H3. The van der Waals surface area contributed by atoms with Crippen LogP contribution in [0.15, 0.2) is 48.8 Å². The summed E-state index contributed by atoms with van der Waals surface area (Å²) < 4.78 is 8.66. The number of aromatic nitrogens is 2. The van der Waals surface area contributed by atoms with E-state index in [0.29, 0.717) is 17.1 Å². The van der Waals surface area contributed by atoms with E-state index in [1.165, 1.54) is 11.3 Å². The molecule has 0 bridgehead atoms. The van der Waals surface area contributed by atoms with Crippen molar-refractivity contribution in [2.45, 2.75) is 44.7 Å². The number of anilines is 1. The molecule has 3 heterocycles. The van der Waals surface area contributed by atoms with Gasteiger partial charge in [0.2, 0.25) is 0 Å². The Balaban J connectivity index is 1.56. The third-order valence-electron chi connectivity index (χ3n) is 6.72. The Morgan fingerprint density at radius 1 is 1.06 bits per heavy atom. The lowest BCUT2D eigenvalue weighted by Crippen LogP contribution is -2.33. The molecular formula is C25H29ClN4O. The van der Waals surface area contributed by atoms with Gasteiger partial charge < -0.3 is 15.0 Å². The molecule has 0 amide bonds. The summed E-state index contributed by atoms with van der Waals surface area (Å²) in [6, 6.07) is 13.0. The van der Waals surface area contributed by atoms with E-state index in [2.05, 4.69) is 47.2 Å². The van der Waals surface area contributed by atoms with Gasteiger partial charge in [-0.3, -0.25) is 4.68 Å². The molecule has 5 rings (SSSR count). The van der Waals surface area contributed by atoms with E-state index in [1.54, 1.807) is 0 Å². The van der Waals surface area contributed by atoms with Crippen LogP contribution in [0.2, 0.25) is 5.02 Å². The molecule has 3 aromatic rings. The van der Waals surface area contributed by atoms with Crippen LogP contribution in [0, 0.1) is 0 Å². The van der Waals surface area contributed by atoms with Crippen molar-refractivity contribution in [3.8, 4) is 22.6 Å². The fraction of sp³-hybridized carbons (Fsp3) is 0.400. The maximum atomic E-state index is 6.52. The Bertz CT molecular complexity index is 1060. The highest BCUT2D eigenvalue weighted by Gasteiger charge is 2.26. The maximum absolute atomic E-state index is 6.52. The van der Waals surface area contributed by atoms with Gasteiger partial charge >= 0.3 is 0 Å². The summed E-state index contributed by atoms with van der Waals surface area (Å²) in [4.78, 5) is 2.36. The number of fused-ring (bicyclic) bond motifs is 1. The summed E-state index contributed by atoms with van der Waals surface area (Å²) >= 11 is 6.09. The molecule has 1 N–H and O–H groups in total. The lowest BCUT2D eigenvalue weighted by molar-refractivity contribution is 0.343. The van der Waals surface area contributed by atoms with Crippen LogP contribution >= 0.6 is 11.6 Å². The molecular weight excluding hydrogens is 408 g/mol. The van der Waals surface area contributed by atoms with Crippen LogP contribution in [0.25, 0.3) is 11.1 Å². The summed E-state index contributed by atoms with van der Waals surface area (Å²) in [5.41, 5.74) is 4.71. The summed E-state index contributed by atoms with van der Waals surface area (Å²) in [5, 5.41) is 8.86. The summed E-state index contributed by atoms with van der Waals surface area (Å²) in [7, 11) is 2.17. The van der Waals surface area contributed by atoms with Crippen molar-refractivity contribution >= 4 is 17.3 Å². The van der Waals surface area contributed by atoms with Gasteiger partial charge in [0.05, 0.1) is 12.2 Å². The van der Waals surface area contributed by atoms with E-state index >= 15 is 0 Å². The second-order valence-corrected chi connectivity index (χ2v) is 9.12. The molecule has 1 fully saturated rings. The smallest absolute Gasteiger partial charge is 0.140 e. The molecule has 5 nitrogen and oxygen atoms in total. The zero-order chi connectivity index (χ0) is 21.4. The minimum atomic E-state index is 0.459. The van der Waals surface area contributed by atoms with Crippen LogP contribution in [0.3, 0.4) is 0 Å². The van der Waals surface area contributed by atoms with E-state index in [-0.39, 0.29) is 0 Å². The minimum Gasteiger partial charge on any atom is -0.456 e. The fourth-order valence-corrected chi connectivity index (χ4v) is 4.81. The van der Waals surface area contributed by atoms with Crippen LogP contribution in [0.4, 0.5) is 5.69 Å². The van der Waals surface area contributed by atoms with Crippen LogP contribution in [0.5, 0.6) is 11.5 Å². The number of benzene rings is 2. The first kappa shape index (κ1) is 20.4. The Kier molecular flexibility index (Phi) is 5.63. The first-order chi connectivity index (χ1) is 15.1. The Morgan fingerprint density at radius 2 is 1.84 bits per heavy atom. The first-order valence-corrected chi connectivity index (χ1v) is 11.6. The monoisotopic (exact) mass is 436 g/mol. The molecule has 1 saturated heterocycles. The predicted molar refractivity (Wildman–Crippen MR) is 127 cm³/mol. The van der Waals surface area contributed by atoms with Crippen LogP contribution in [-0.2, 0) is 6.42 Å². The second-order valence-electron chi connectivity index (χ2n) is 8.68. The van der Waals surface area contributed by atoms with Crippen molar-refractivity contribution in [1.29, 1.82) is 0 Å². The van der Waals surface area contributed by atoms with Crippen LogP contribution in [-0.4, -0.2) is 36.0 Å². The highest BCUT2D eigenvalue weighted by atomic mass is 35.5. The number of piperidine rings is 1. The van der Waals surface area contributed by atoms with Gasteiger partial charge in [-0.05, 0) is 82.1 Å². The molecule has 0 spiro atoms. The molecule has 1 unspecified atom stereocenters. The molecule has 0 saturated carbocycles. The molecule has 1 atom stereocenters. The zero-order valence-corrected chi connectivity index (χ0v) is 18.9. The van der Waals surface area contributed by atoms with Gasteiger partial charge in [-0.2, -0.15) is 5.10 Å². The van der Waals surface area contributed by atoms with E-state index in [9.17, 15) is 0 Å². The number of rotatable bonds is 4. The van der Waals surface area contributed by atoms with Crippen LogP contribution < -0.4 is 15.0 Å². The fourth-order valence-electron chi connectivity index (χ4n) is 4.69. The molecule has 0 aliphatic carbocycles. The van der Waals surface area contributed by atoms with Gasteiger partial charge in [0.25, 0.3) is 0 Å². The average molecular weight is 437 g/mol. The lowest BCUT2D eigenvalue weighted by Gasteiger charge is -2.35. The molecule has 2 aliphatic rings. The third-order valence-corrected chi connectivity index (χ3v) is 6.97. The number of nitrogens with zero attached hydrogens (tertiary/aromatic N) is 3. The van der Waals surface area contributed by atoms with Gasteiger partial charge in [0, 0.05) is 46.7 Å². The second kappa shape index (κ2) is 8.56. The number of ether oxygens (including phenoxy) is 1. The lowest BCUT2D eigenvalue weighted by atomic mass is 9.93. The van der Waals surface area contributed by atoms with E-state index in [0.717, 1.165) is 61.4 Å². The van der Waals surface area contributed by atoms with E-state index in [1.807, 2.05) is 30.5 Å². The van der Waals surface area contributed by atoms with Crippen molar-refractivity contribution in [2.75, 3.05) is 25.0 Å². The number of hydrogen-bond donors (Lipinski definition) is 1. The van der Waals surface area contributed by atoms with Gasteiger partial charge in [0.15, 0.2) is 0 Å².